The molecule has 2 heterocycles. The molecule has 0 radical (unpaired) electrons. The molecule has 0 aliphatic rings. The Kier molecular flexibility index (Phi) is 3.03. The first-order chi connectivity index (χ1) is 9.60. The minimum Gasteiger partial charge on any atom is -0.392 e. The van der Waals surface area contributed by atoms with Gasteiger partial charge in [0.1, 0.15) is 6.33 Å². The summed E-state index contributed by atoms with van der Waals surface area (Å²) in [4.78, 5) is 8.70. The highest BCUT2D eigenvalue weighted by Crippen LogP contribution is 2.24. The summed E-state index contributed by atoms with van der Waals surface area (Å²) in [6, 6.07) is 6.20. The van der Waals surface area contributed by atoms with Crippen molar-refractivity contribution in [1.29, 1.82) is 0 Å². The Bertz CT molecular complexity index is 790. The van der Waals surface area contributed by atoms with Gasteiger partial charge in [-0.15, -0.1) is 0 Å². The Morgan fingerprint density at radius 3 is 2.55 bits per heavy atom. The van der Waals surface area contributed by atoms with Gasteiger partial charge in [0.15, 0.2) is 0 Å². The average Bonchev–Trinajstić information content (AvgIpc) is 2.82. The summed E-state index contributed by atoms with van der Waals surface area (Å²) in [5, 5.41) is 9.51. The zero-order valence-electron chi connectivity index (χ0n) is 11.9. The molecule has 4 heteroatoms. The molecular formula is C16H17N3O. The summed E-state index contributed by atoms with van der Waals surface area (Å²) in [5.41, 5.74) is 7.13. The lowest BCUT2D eigenvalue weighted by Crippen LogP contribution is -2.01. The van der Waals surface area contributed by atoms with Crippen LogP contribution in [-0.2, 0) is 6.61 Å². The molecule has 0 fully saturated rings. The number of nitrogens with zero attached hydrogens (tertiary/aromatic N) is 3. The van der Waals surface area contributed by atoms with Crippen molar-refractivity contribution >= 4 is 11.0 Å². The van der Waals surface area contributed by atoms with E-state index >= 15 is 0 Å². The van der Waals surface area contributed by atoms with E-state index in [1.165, 1.54) is 11.1 Å². The van der Waals surface area contributed by atoms with Gasteiger partial charge in [0.25, 0.3) is 0 Å². The molecule has 4 nitrogen and oxygen atoms in total. The van der Waals surface area contributed by atoms with E-state index in [1.807, 2.05) is 17.6 Å². The van der Waals surface area contributed by atoms with E-state index in [0.29, 0.717) is 0 Å². The second kappa shape index (κ2) is 4.72. The first-order valence-corrected chi connectivity index (χ1v) is 6.61. The zero-order valence-corrected chi connectivity index (χ0v) is 11.9. The predicted octanol–water partition coefficient (Wildman–Crippen LogP) is 2.84. The molecule has 2 aromatic heterocycles. The van der Waals surface area contributed by atoms with E-state index in [9.17, 15) is 5.11 Å². The lowest BCUT2D eigenvalue weighted by molar-refractivity contribution is 0.281. The minimum absolute atomic E-state index is 0.0346. The van der Waals surface area contributed by atoms with Gasteiger partial charge in [-0.05, 0) is 50.1 Å². The molecule has 0 spiro atoms. The van der Waals surface area contributed by atoms with Gasteiger partial charge in [0.2, 0.25) is 0 Å². The van der Waals surface area contributed by atoms with Crippen LogP contribution < -0.4 is 0 Å². The Balaban J connectivity index is 2.30. The minimum atomic E-state index is -0.0346. The highest BCUT2D eigenvalue weighted by molar-refractivity contribution is 5.79. The van der Waals surface area contributed by atoms with E-state index in [1.54, 1.807) is 12.5 Å². The second-order valence-electron chi connectivity index (χ2n) is 5.15. The number of aryl methyl sites for hydroxylation is 3. The van der Waals surface area contributed by atoms with Crippen LogP contribution in [0.4, 0.5) is 0 Å². The van der Waals surface area contributed by atoms with Crippen molar-refractivity contribution in [3.05, 3.63) is 53.1 Å². The van der Waals surface area contributed by atoms with E-state index in [4.69, 9.17) is 0 Å². The first kappa shape index (κ1) is 12.8. The van der Waals surface area contributed by atoms with Crippen molar-refractivity contribution in [1.82, 2.24) is 14.5 Å². The molecule has 0 unspecified atom stereocenters. The largest absolute Gasteiger partial charge is 0.392 e. The number of fused-ring (bicyclic) bond motifs is 1. The van der Waals surface area contributed by atoms with Gasteiger partial charge in [0.05, 0.1) is 23.3 Å². The van der Waals surface area contributed by atoms with Gasteiger partial charge < -0.3 is 5.11 Å². The second-order valence-corrected chi connectivity index (χ2v) is 5.15. The van der Waals surface area contributed by atoms with Crippen LogP contribution in [-0.4, -0.2) is 19.6 Å². The van der Waals surface area contributed by atoms with Crippen molar-refractivity contribution in [2.75, 3.05) is 0 Å². The number of imidazole rings is 1. The number of aromatic nitrogens is 3. The highest BCUT2D eigenvalue weighted by atomic mass is 16.3. The topological polar surface area (TPSA) is 50.9 Å². The van der Waals surface area contributed by atoms with Crippen molar-refractivity contribution in [3.63, 3.8) is 0 Å². The standard InChI is InChI=1S/C16H17N3O/c1-10-4-14-16(5-11(10)2)19(9-18-14)15-6-12(3)17-7-13(15)8-20/h4-7,9,20H,8H2,1-3H3. The molecule has 3 aromatic rings. The van der Waals surface area contributed by atoms with E-state index in [2.05, 4.69) is 35.9 Å². The van der Waals surface area contributed by atoms with Gasteiger partial charge in [0, 0.05) is 17.5 Å². The molecule has 1 aromatic carbocycles. The van der Waals surface area contributed by atoms with Crippen LogP contribution in [0.1, 0.15) is 22.4 Å². The lowest BCUT2D eigenvalue weighted by Gasteiger charge is -2.11. The number of aliphatic hydroxyl groups excluding tert-OH is 1. The zero-order chi connectivity index (χ0) is 14.3. The number of hydrogen-bond acceptors (Lipinski definition) is 3. The quantitative estimate of drug-likeness (QED) is 0.776. The molecule has 0 amide bonds. The number of rotatable bonds is 2. The third-order valence-electron chi connectivity index (χ3n) is 3.69. The van der Waals surface area contributed by atoms with Crippen LogP contribution in [0.25, 0.3) is 16.7 Å². The molecule has 0 bridgehead atoms. The first-order valence-electron chi connectivity index (χ1n) is 6.61. The Labute approximate surface area is 117 Å². The smallest absolute Gasteiger partial charge is 0.100 e. The molecule has 0 aliphatic carbocycles. The molecule has 0 saturated carbocycles. The fourth-order valence-electron chi connectivity index (χ4n) is 2.38. The average molecular weight is 267 g/mol. The van der Waals surface area contributed by atoms with Gasteiger partial charge >= 0.3 is 0 Å². The van der Waals surface area contributed by atoms with Crippen LogP contribution in [0, 0.1) is 20.8 Å². The molecule has 3 rings (SSSR count). The van der Waals surface area contributed by atoms with E-state index in [0.717, 1.165) is 28.0 Å². The van der Waals surface area contributed by atoms with Gasteiger partial charge in [-0.25, -0.2) is 4.98 Å². The SMILES string of the molecule is Cc1cc(-n2cnc3cc(C)c(C)cc32)c(CO)cn1. The highest BCUT2D eigenvalue weighted by Gasteiger charge is 2.10. The Morgan fingerprint density at radius 1 is 1.05 bits per heavy atom. The van der Waals surface area contributed by atoms with Gasteiger partial charge in [-0.1, -0.05) is 0 Å². The van der Waals surface area contributed by atoms with Crippen LogP contribution in [0.5, 0.6) is 0 Å². The number of pyridine rings is 1. The maximum absolute atomic E-state index is 9.51. The molecular weight excluding hydrogens is 250 g/mol. The van der Waals surface area contributed by atoms with E-state index in [-0.39, 0.29) is 6.61 Å². The molecule has 20 heavy (non-hydrogen) atoms. The van der Waals surface area contributed by atoms with Crippen molar-refractivity contribution < 1.29 is 5.11 Å². The maximum Gasteiger partial charge on any atom is 0.100 e. The molecule has 102 valence electrons. The molecule has 0 atom stereocenters. The summed E-state index contributed by atoms with van der Waals surface area (Å²) in [6.45, 7) is 6.09. The predicted molar refractivity (Wildman–Crippen MR) is 79.0 cm³/mol. The summed E-state index contributed by atoms with van der Waals surface area (Å²) >= 11 is 0. The van der Waals surface area contributed by atoms with Crippen molar-refractivity contribution in [2.45, 2.75) is 27.4 Å². The summed E-state index contributed by atoms with van der Waals surface area (Å²) in [6.07, 6.45) is 3.52. The van der Waals surface area contributed by atoms with Crippen LogP contribution in [0.2, 0.25) is 0 Å². The van der Waals surface area contributed by atoms with Crippen LogP contribution in [0.3, 0.4) is 0 Å². The van der Waals surface area contributed by atoms with Crippen LogP contribution >= 0.6 is 0 Å². The summed E-state index contributed by atoms with van der Waals surface area (Å²) < 4.78 is 2.02. The Hall–Kier alpha value is -2.20. The third kappa shape index (κ3) is 1.98. The van der Waals surface area contributed by atoms with Gasteiger partial charge in [-0.2, -0.15) is 0 Å². The maximum atomic E-state index is 9.51. The summed E-state index contributed by atoms with van der Waals surface area (Å²) in [7, 11) is 0. The summed E-state index contributed by atoms with van der Waals surface area (Å²) in [5.74, 6) is 0. The number of benzene rings is 1. The monoisotopic (exact) mass is 267 g/mol. The molecule has 1 N–H and O–H groups in total. The van der Waals surface area contributed by atoms with Crippen molar-refractivity contribution in [2.24, 2.45) is 0 Å². The fourth-order valence-corrected chi connectivity index (χ4v) is 2.38. The molecule has 0 saturated heterocycles. The van der Waals surface area contributed by atoms with Gasteiger partial charge in [-0.3, -0.25) is 9.55 Å². The van der Waals surface area contributed by atoms with E-state index < -0.39 is 0 Å². The fraction of sp³-hybridized carbons (Fsp3) is 0.250. The van der Waals surface area contributed by atoms with Crippen molar-refractivity contribution in [3.8, 4) is 5.69 Å². The normalized spacial score (nSPS) is 11.2. The third-order valence-corrected chi connectivity index (χ3v) is 3.69. The molecule has 0 aliphatic heterocycles. The number of hydrogen-bond donors (Lipinski definition) is 1. The van der Waals surface area contributed by atoms with Crippen LogP contribution in [0.15, 0.2) is 30.7 Å². The Morgan fingerprint density at radius 2 is 1.80 bits per heavy atom. The lowest BCUT2D eigenvalue weighted by atomic mass is 10.1. The number of aliphatic hydroxyl groups is 1.